The van der Waals surface area contributed by atoms with E-state index < -0.39 is 0 Å². The molecule has 2 aromatic rings. The fraction of sp³-hybridized carbons (Fsp3) is 0.133. The second-order valence-electron chi connectivity index (χ2n) is 4.39. The van der Waals surface area contributed by atoms with Gasteiger partial charge in [-0.15, -0.1) is 11.3 Å². The Morgan fingerprint density at radius 1 is 1.10 bits per heavy atom. The lowest BCUT2D eigenvalue weighted by molar-refractivity contribution is 0.452. The van der Waals surface area contributed by atoms with Crippen LogP contribution >= 0.6 is 11.3 Å². The van der Waals surface area contributed by atoms with Gasteiger partial charge in [0.2, 0.25) is 5.88 Å². The Balaban J connectivity index is 0.000000123. The van der Waals surface area contributed by atoms with Crippen LogP contribution in [0.5, 0.6) is 5.88 Å². The molecule has 0 aromatic carbocycles. The molecule has 3 heterocycles. The summed E-state index contributed by atoms with van der Waals surface area (Å²) in [6.45, 7) is 7.72. The average molecular weight is 283 g/mol. The third kappa shape index (κ3) is 2.40. The van der Waals surface area contributed by atoms with Gasteiger partial charge in [0.1, 0.15) is 5.69 Å². The number of allylic oxidation sites excluding steroid dienone is 3. The molecule has 0 radical (unpaired) electrons. The topological polar surface area (TPSA) is 47.9 Å². The van der Waals surface area contributed by atoms with E-state index in [0.717, 1.165) is 24.1 Å². The van der Waals surface area contributed by atoms with Gasteiger partial charge in [-0.25, -0.2) is 15.0 Å². The first kappa shape index (κ1) is 12.7. The van der Waals surface area contributed by atoms with Gasteiger partial charge in [0.25, 0.3) is 0 Å². The molecule has 5 heteroatoms. The predicted molar refractivity (Wildman–Crippen MR) is 80.3 cm³/mol. The van der Waals surface area contributed by atoms with Crippen LogP contribution in [0.15, 0.2) is 43.4 Å². The van der Waals surface area contributed by atoms with E-state index in [1.54, 1.807) is 36.1 Å². The summed E-state index contributed by atoms with van der Waals surface area (Å²) in [5.41, 5.74) is 5.97. The van der Waals surface area contributed by atoms with Crippen molar-refractivity contribution in [2.24, 2.45) is 0 Å². The lowest BCUT2D eigenvalue weighted by Gasteiger charge is -2.09. The van der Waals surface area contributed by atoms with Crippen molar-refractivity contribution in [2.45, 2.75) is 12.8 Å². The lowest BCUT2D eigenvalue weighted by Crippen LogP contribution is -1.99. The molecule has 0 N–H and O–H groups in total. The van der Waals surface area contributed by atoms with E-state index in [0.29, 0.717) is 5.88 Å². The molecule has 0 fully saturated rings. The van der Waals surface area contributed by atoms with Crippen molar-refractivity contribution in [1.82, 2.24) is 15.0 Å². The van der Waals surface area contributed by atoms with Gasteiger partial charge < -0.3 is 4.74 Å². The molecule has 0 saturated carbocycles. The fourth-order valence-electron chi connectivity index (χ4n) is 2.01. The van der Waals surface area contributed by atoms with Crippen LogP contribution in [0.2, 0.25) is 0 Å². The summed E-state index contributed by atoms with van der Waals surface area (Å²) in [5, 5.41) is 0. The molecule has 2 aliphatic rings. The minimum atomic E-state index is 0.528. The van der Waals surface area contributed by atoms with Crippen molar-refractivity contribution in [1.29, 1.82) is 0 Å². The maximum atomic E-state index is 5.08. The first-order valence-electron chi connectivity index (χ1n) is 6.19. The van der Waals surface area contributed by atoms with Crippen molar-refractivity contribution < 1.29 is 4.74 Å². The van der Waals surface area contributed by atoms with Crippen LogP contribution in [0.1, 0.15) is 22.7 Å². The normalized spacial score (nSPS) is 15.0. The second-order valence-corrected chi connectivity index (χ2v) is 5.24. The fourth-order valence-corrected chi connectivity index (χ4v) is 2.85. The minimum Gasteiger partial charge on any atom is -0.445 e. The van der Waals surface area contributed by atoms with Gasteiger partial charge in [-0.05, 0) is 24.5 Å². The zero-order valence-corrected chi connectivity index (χ0v) is 11.7. The molecule has 100 valence electrons. The van der Waals surface area contributed by atoms with Crippen molar-refractivity contribution in [3.63, 3.8) is 0 Å². The molecular formula is C15H13N3OS. The molecule has 1 aliphatic carbocycles. The monoisotopic (exact) mass is 283 g/mol. The van der Waals surface area contributed by atoms with E-state index in [1.165, 1.54) is 16.1 Å². The van der Waals surface area contributed by atoms with Crippen molar-refractivity contribution in [3.8, 4) is 5.88 Å². The Morgan fingerprint density at radius 3 is 2.75 bits per heavy atom. The number of aromatic nitrogens is 3. The van der Waals surface area contributed by atoms with Gasteiger partial charge in [-0.1, -0.05) is 13.2 Å². The van der Waals surface area contributed by atoms with Crippen LogP contribution in [-0.2, 0) is 6.42 Å². The first-order valence-corrected chi connectivity index (χ1v) is 7.07. The van der Waals surface area contributed by atoms with E-state index in [-0.39, 0.29) is 0 Å². The zero-order chi connectivity index (χ0) is 13.9. The third-order valence-electron chi connectivity index (χ3n) is 3.04. The van der Waals surface area contributed by atoms with Crippen LogP contribution in [0.3, 0.4) is 0 Å². The summed E-state index contributed by atoms with van der Waals surface area (Å²) in [7, 11) is 0. The average Bonchev–Trinajstić information content (AvgIpc) is 3.06. The van der Waals surface area contributed by atoms with Crippen LogP contribution in [0.25, 0.3) is 11.1 Å². The number of ether oxygens (including phenoxy) is 1. The third-order valence-corrected chi connectivity index (χ3v) is 4.01. The number of rotatable bonds is 0. The molecule has 2 aromatic heterocycles. The standard InChI is InChI=1S/C8H6N2O.C7H7NS/c1-6-2-5-11-8-7(6)9-3-4-10-8;1-5-2-3-6-7(5)9-4-8-6/h2-5H,1H2;4H,1-3H2. The van der Waals surface area contributed by atoms with Gasteiger partial charge in [-0.3, -0.25) is 0 Å². The molecule has 0 saturated heterocycles. The number of hydrogen-bond acceptors (Lipinski definition) is 5. The molecule has 0 atom stereocenters. The van der Waals surface area contributed by atoms with E-state index in [1.807, 2.05) is 5.51 Å². The highest BCUT2D eigenvalue weighted by atomic mass is 32.1. The number of fused-ring (bicyclic) bond motifs is 2. The van der Waals surface area contributed by atoms with Crippen molar-refractivity contribution >= 4 is 22.5 Å². The minimum absolute atomic E-state index is 0.528. The van der Waals surface area contributed by atoms with Crippen molar-refractivity contribution in [3.05, 3.63) is 59.7 Å². The Bertz CT molecular complexity index is 703. The molecule has 4 rings (SSSR count). The summed E-state index contributed by atoms with van der Waals surface area (Å²) in [6, 6.07) is 0. The zero-order valence-electron chi connectivity index (χ0n) is 10.9. The van der Waals surface area contributed by atoms with E-state index in [2.05, 4.69) is 28.1 Å². The summed E-state index contributed by atoms with van der Waals surface area (Å²) < 4.78 is 5.08. The summed E-state index contributed by atoms with van der Waals surface area (Å²) >= 11 is 1.71. The summed E-state index contributed by atoms with van der Waals surface area (Å²) in [4.78, 5) is 13.6. The van der Waals surface area contributed by atoms with Gasteiger partial charge in [0, 0.05) is 18.0 Å². The number of nitrogens with zero attached hydrogens (tertiary/aromatic N) is 3. The van der Waals surface area contributed by atoms with E-state index in [4.69, 9.17) is 4.74 Å². The van der Waals surface area contributed by atoms with Gasteiger partial charge in [0.05, 0.1) is 22.3 Å². The highest BCUT2D eigenvalue weighted by molar-refractivity contribution is 7.11. The summed E-state index contributed by atoms with van der Waals surface area (Å²) in [6.07, 6.45) is 8.75. The molecule has 0 bridgehead atoms. The van der Waals surface area contributed by atoms with Gasteiger partial charge >= 0.3 is 0 Å². The Labute approximate surface area is 121 Å². The first-order chi connectivity index (χ1) is 9.75. The highest BCUT2D eigenvalue weighted by Crippen LogP contribution is 2.32. The molecule has 4 nitrogen and oxygen atoms in total. The number of hydrogen-bond donors (Lipinski definition) is 0. The van der Waals surface area contributed by atoms with E-state index in [9.17, 15) is 0 Å². The van der Waals surface area contributed by atoms with Crippen LogP contribution in [0.4, 0.5) is 0 Å². The maximum Gasteiger partial charge on any atom is 0.245 e. The second kappa shape index (κ2) is 5.38. The van der Waals surface area contributed by atoms with Crippen LogP contribution in [-0.4, -0.2) is 15.0 Å². The molecule has 0 spiro atoms. The quantitative estimate of drug-likeness (QED) is 0.742. The molecule has 0 amide bonds. The number of aryl methyl sites for hydroxylation is 1. The molecule has 0 unspecified atom stereocenters. The maximum absolute atomic E-state index is 5.08. The highest BCUT2D eigenvalue weighted by Gasteiger charge is 2.16. The SMILES string of the molecule is C=C1C=COc2nccnc21.C=C1CCc2ncsc21. The van der Waals surface area contributed by atoms with Crippen LogP contribution < -0.4 is 4.74 Å². The van der Waals surface area contributed by atoms with Crippen molar-refractivity contribution in [2.75, 3.05) is 0 Å². The van der Waals surface area contributed by atoms with Gasteiger partial charge in [-0.2, -0.15) is 0 Å². The Kier molecular flexibility index (Phi) is 3.43. The number of thiazole rings is 1. The Morgan fingerprint density at radius 2 is 1.95 bits per heavy atom. The Hall–Kier alpha value is -2.27. The lowest BCUT2D eigenvalue weighted by atomic mass is 10.2. The predicted octanol–water partition coefficient (Wildman–Crippen LogP) is 3.50. The smallest absolute Gasteiger partial charge is 0.245 e. The van der Waals surface area contributed by atoms with Crippen LogP contribution in [0, 0.1) is 0 Å². The summed E-state index contributed by atoms with van der Waals surface area (Å²) in [5.74, 6) is 0.528. The van der Waals surface area contributed by atoms with E-state index >= 15 is 0 Å². The largest absolute Gasteiger partial charge is 0.445 e. The van der Waals surface area contributed by atoms with Gasteiger partial charge in [0.15, 0.2) is 0 Å². The molecule has 20 heavy (non-hydrogen) atoms. The molecular weight excluding hydrogens is 270 g/mol. The molecule has 1 aliphatic heterocycles.